The summed E-state index contributed by atoms with van der Waals surface area (Å²) in [5.41, 5.74) is 0.432. The van der Waals surface area contributed by atoms with Crippen LogP contribution in [0.4, 0.5) is 5.69 Å². The van der Waals surface area contributed by atoms with Gasteiger partial charge in [-0.2, -0.15) is 0 Å². The van der Waals surface area contributed by atoms with Crippen molar-refractivity contribution in [3.8, 4) is 0 Å². The molecule has 0 spiro atoms. The zero-order valence-electron chi connectivity index (χ0n) is 11.6. The van der Waals surface area contributed by atoms with Gasteiger partial charge in [-0.1, -0.05) is 19.1 Å². The third-order valence-corrected chi connectivity index (χ3v) is 2.41. The Morgan fingerprint density at radius 3 is 2.86 bits per heavy atom. The number of hydrogen-bond acceptors (Lipinski definition) is 5. The molecule has 1 amide bonds. The molecule has 1 aromatic carbocycles. The van der Waals surface area contributed by atoms with E-state index in [2.05, 4.69) is 5.32 Å². The predicted octanol–water partition coefficient (Wildman–Crippen LogP) is 1.68. The Hall–Kier alpha value is -2.70. The molecule has 0 saturated heterocycles. The van der Waals surface area contributed by atoms with Gasteiger partial charge in [0.25, 0.3) is 11.6 Å². The lowest BCUT2D eigenvalue weighted by atomic mass is 10.2. The van der Waals surface area contributed by atoms with Gasteiger partial charge < -0.3 is 10.1 Å². The number of carbonyl (C=O) groups excluding carboxylic acids is 2. The van der Waals surface area contributed by atoms with Gasteiger partial charge in [0, 0.05) is 24.8 Å². The summed E-state index contributed by atoms with van der Waals surface area (Å²) in [7, 11) is 0. The summed E-state index contributed by atoms with van der Waals surface area (Å²) in [4.78, 5) is 32.7. The van der Waals surface area contributed by atoms with Gasteiger partial charge in [0.2, 0.25) is 0 Å². The molecule has 1 rings (SSSR count). The summed E-state index contributed by atoms with van der Waals surface area (Å²) in [6.07, 6.45) is 3.30. The highest BCUT2D eigenvalue weighted by molar-refractivity contribution is 5.89. The zero-order chi connectivity index (χ0) is 15.7. The topological polar surface area (TPSA) is 98.5 Å². The largest absolute Gasteiger partial charge is 0.452 e. The highest BCUT2D eigenvalue weighted by Crippen LogP contribution is 2.14. The number of benzene rings is 1. The van der Waals surface area contributed by atoms with Gasteiger partial charge in [0.1, 0.15) is 0 Å². The first-order valence-electron chi connectivity index (χ1n) is 6.39. The van der Waals surface area contributed by atoms with Gasteiger partial charge in [-0.3, -0.25) is 14.9 Å². The molecule has 7 heteroatoms. The van der Waals surface area contributed by atoms with Gasteiger partial charge in [0.15, 0.2) is 6.61 Å². The van der Waals surface area contributed by atoms with Crippen LogP contribution in [0.15, 0.2) is 30.3 Å². The number of esters is 1. The fraction of sp³-hybridized carbons (Fsp3) is 0.286. The minimum absolute atomic E-state index is 0.0653. The summed E-state index contributed by atoms with van der Waals surface area (Å²) in [6.45, 7) is 2.09. The lowest BCUT2D eigenvalue weighted by Crippen LogP contribution is -2.28. The normalized spacial score (nSPS) is 10.3. The molecule has 0 saturated carbocycles. The van der Waals surface area contributed by atoms with Crippen LogP contribution in [-0.2, 0) is 14.3 Å². The van der Waals surface area contributed by atoms with E-state index in [0.29, 0.717) is 12.1 Å². The van der Waals surface area contributed by atoms with Crippen molar-refractivity contribution in [2.24, 2.45) is 0 Å². The summed E-state index contributed by atoms with van der Waals surface area (Å²) < 4.78 is 4.73. The molecule has 0 aliphatic rings. The molecule has 0 aliphatic heterocycles. The molecule has 0 heterocycles. The number of nitro groups is 1. The van der Waals surface area contributed by atoms with Crippen molar-refractivity contribution in [3.63, 3.8) is 0 Å². The minimum Gasteiger partial charge on any atom is -0.452 e. The average molecular weight is 292 g/mol. The molecular weight excluding hydrogens is 276 g/mol. The van der Waals surface area contributed by atoms with Crippen LogP contribution in [0.5, 0.6) is 0 Å². The molecule has 0 unspecified atom stereocenters. The van der Waals surface area contributed by atoms with E-state index in [1.165, 1.54) is 24.3 Å². The third kappa shape index (κ3) is 6.33. The maximum absolute atomic E-state index is 11.4. The lowest BCUT2D eigenvalue weighted by molar-refractivity contribution is -0.384. The summed E-state index contributed by atoms with van der Waals surface area (Å²) in [5, 5.41) is 13.2. The summed E-state index contributed by atoms with van der Waals surface area (Å²) in [6, 6.07) is 5.82. The number of nitro benzene ring substituents is 1. The van der Waals surface area contributed by atoms with Crippen molar-refractivity contribution in [2.75, 3.05) is 13.2 Å². The van der Waals surface area contributed by atoms with Crippen LogP contribution in [0.3, 0.4) is 0 Å². The Balaban J connectivity index is 2.49. The van der Waals surface area contributed by atoms with Crippen molar-refractivity contribution < 1.29 is 19.2 Å². The van der Waals surface area contributed by atoms with Crippen molar-refractivity contribution in [1.29, 1.82) is 0 Å². The van der Waals surface area contributed by atoms with E-state index in [0.717, 1.165) is 12.5 Å². The fourth-order valence-electron chi connectivity index (χ4n) is 1.41. The molecule has 21 heavy (non-hydrogen) atoms. The number of ether oxygens (including phenoxy) is 1. The fourth-order valence-corrected chi connectivity index (χ4v) is 1.41. The van der Waals surface area contributed by atoms with Crippen LogP contribution in [-0.4, -0.2) is 30.0 Å². The Morgan fingerprint density at radius 1 is 1.43 bits per heavy atom. The number of non-ortho nitro benzene ring substituents is 1. The van der Waals surface area contributed by atoms with Gasteiger partial charge in [-0.05, 0) is 18.1 Å². The number of carbonyl (C=O) groups is 2. The van der Waals surface area contributed by atoms with E-state index < -0.39 is 10.9 Å². The van der Waals surface area contributed by atoms with Gasteiger partial charge in [-0.15, -0.1) is 0 Å². The number of nitrogens with zero attached hydrogens (tertiary/aromatic N) is 1. The molecule has 0 aromatic heterocycles. The van der Waals surface area contributed by atoms with Crippen LogP contribution in [0.2, 0.25) is 0 Å². The van der Waals surface area contributed by atoms with Crippen LogP contribution in [0.1, 0.15) is 18.9 Å². The van der Waals surface area contributed by atoms with Crippen LogP contribution < -0.4 is 5.32 Å². The monoisotopic (exact) mass is 292 g/mol. The van der Waals surface area contributed by atoms with E-state index in [9.17, 15) is 19.7 Å². The van der Waals surface area contributed by atoms with Gasteiger partial charge in [0.05, 0.1) is 4.92 Å². The second-order valence-corrected chi connectivity index (χ2v) is 4.14. The first-order valence-corrected chi connectivity index (χ1v) is 6.39. The number of hydrogen-bond donors (Lipinski definition) is 1. The van der Waals surface area contributed by atoms with Crippen LogP contribution in [0.25, 0.3) is 6.08 Å². The molecule has 0 fully saturated rings. The molecule has 0 bridgehead atoms. The molecule has 0 aliphatic carbocycles. The van der Waals surface area contributed by atoms with Crippen molar-refractivity contribution in [3.05, 3.63) is 46.0 Å². The van der Waals surface area contributed by atoms with Crippen LogP contribution in [0, 0.1) is 10.1 Å². The number of amides is 1. The average Bonchev–Trinajstić information content (AvgIpc) is 2.49. The van der Waals surface area contributed by atoms with E-state index in [4.69, 9.17) is 4.74 Å². The van der Waals surface area contributed by atoms with Crippen molar-refractivity contribution >= 4 is 23.6 Å². The number of rotatable bonds is 7. The van der Waals surface area contributed by atoms with E-state index >= 15 is 0 Å². The first kappa shape index (κ1) is 16.4. The minimum atomic E-state index is -0.687. The first-order chi connectivity index (χ1) is 10.0. The second kappa shape index (κ2) is 8.47. The molecule has 112 valence electrons. The lowest BCUT2D eigenvalue weighted by Gasteiger charge is -2.03. The zero-order valence-corrected chi connectivity index (χ0v) is 11.6. The molecular formula is C14H16N2O5. The van der Waals surface area contributed by atoms with E-state index in [-0.39, 0.29) is 18.2 Å². The molecule has 7 nitrogen and oxygen atoms in total. The summed E-state index contributed by atoms with van der Waals surface area (Å²) in [5.74, 6) is -1.05. The SMILES string of the molecule is CCCNC(=O)COC(=O)/C=C/c1cccc([N+](=O)[O-])c1. The third-order valence-electron chi connectivity index (χ3n) is 2.41. The Labute approximate surface area is 121 Å². The molecule has 0 atom stereocenters. The quantitative estimate of drug-likeness (QED) is 0.357. The highest BCUT2D eigenvalue weighted by Gasteiger charge is 2.05. The maximum atomic E-state index is 11.4. The van der Waals surface area contributed by atoms with Gasteiger partial charge in [-0.25, -0.2) is 4.79 Å². The summed E-state index contributed by atoms with van der Waals surface area (Å²) >= 11 is 0. The second-order valence-electron chi connectivity index (χ2n) is 4.14. The Kier molecular flexibility index (Phi) is 6.59. The van der Waals surface area contributed by atoms with Crippen molar-refractivity contribution in [2.45, 2.75) is 13.3 Å². The Bertz CT molecular complexity index is 554. The molecule has 1 N–H and O–H groups in total. The highest BCUT2D eigenvalue weighted by atomic mass is 16.6. The Morgan fingerprint density at radius 2 is 2.19 bits per heavy atom. The maximum Gasteiger partial charge on any atom is 0.331 e. The van der Waals surface area contributed by atoms with Crippen molar-refractivity contribution in [1.82, 2.24) is 5.32 Å². The standard InChI is InChI=1S/C14H16N2O5/c1-2-8-15-13(17)10-21-14(18)7-6-11-4-3-5-12(9-11)16(19)20/h3-7,9H,2,8,10H2,1H3,(H,15,17)/b7-6+. The molecule has 0 radical (unpaired) electrons. The predicted molar refractivity (Wildman–Crippen MR) is 76.4 cm³/mol. The van der Waals surface area contributed by atoms with E-state index in [1.54, 1.807) is 6.07 Å². The van der Waals surface area contributed by atoms with E-state index in [1.807, 2.05) is 6.92 Å². The van der Waals surface area contributed by atoms with Crippen LogP contribution >= 0.6 is 0 Å². The smallest absolute Gasteiger partial charge is 0.331 e. The number of nitrogens with one attached hydrogen (secondary N) is 1. The van der Waals surface area contributed by atoms with Gasteiger partial charge >= 0.3 is 5.97 Å². The molecule has 1 aromatic rings.